The fourth-order valence-corrected chi connectivity index (χ4v) is 3.15. The molecule has 0 spiro atoms. The van der Waals surface area contributed by atoms with E-state index in [9.17, 15) is 0 Å². The van der Waals surface area contributed by atoms with Gasteiger partial charge in [0.05, 0.1) is 0 Å². The van der Waals surface area contributed by atoms with Crippen molar-refractivity contribution in [1.82, 2.24) is 9.88 Å². The van der Waals surface area contributed by atoms with Crippen LogP contribution in [0.25, 0.3) is 10.9 Å². The van der Waals surface area contributed by atoms with Crippen LogP contribution >= 0.6 is 0 Å². The number of hydrogen-bond donors (Lipinski definition) is 1. The van der Waals surface area contributed by atoms with E-state index in [1.54, 1.807) is 0 Å². The van der Waals surface area contributed by atoms with Gasteiger partial charge in [0.1, 0.15) is 0 Å². The molecule has 1 N–H and O–H groups in total. The fourth-order valence-electron chi connectivity index (χ4n) is 3.15. The van der Waals surface area contributed by atoms with Crippen LogP contribution in [0.15, 0.2) is 18.2 Å². The molecule has 1 aromatic carbocycles. The predicted octanol–water partition coefficient (Wildman–Crippen LogP) is 3.09. The minimum atomic E-state index is 0.688. The van der Waals surface area contributed by atoms with Crippen molar-refractivity contribution in [2.75, 3.05) is 6.54 Å². The summed E-state index contributed by atoms with van der Waals surface area (Å²) in [6.07, 6.45) is 3.82. The third kappa shape index (κ3) is 1.85. The van der Waals surface area contributed by atoms with Gasteiger partial charge in [-0.2, -0.15) is 0 Å². The Balaban J connectivity index is 1.97. The largest absolute Gasteiger partial charge is 0.348 e. The second-order valence-electron chi connectivity index (χ2n) is 5.62. The van der Waals surface area contributed by atoms with Gasteiger partial charge in [-0.05, 0) is 62.9 Å². The Morgan fingerprint density at radius 2 is 2.17 bits per heavy atom. The molecular formula is C16H22N2. The molecular weight excluding hydrogens is 220 g/mol. The molecule has 1 saturated heterocycles. The molecule has 96 valence electrons. The zero-order valence-corrected chi connectivity index (χ0v) is 11.6. The van der Waals surface area contributed by atoms with E-state index in [-0.39, 0.29) is 0 Å². The molecule has 0 saturated carbocycles. The third-order valence-electron chi connectivity index (χ3n) is 4.52. The molecule has 0 radical (unpaired) electrons. The molecule has 2 heterocycles. The average molecular weight is 242 g/mol. The van der Waals surface area contributed by atoms with E-state index in [4.69, 9.17) is 0 Å². The topological polar surface area (TPSA) is 17.0 Å². The summed E-state index contributed by atoms with van der Waals surface area (Å²) in [6, 6.07) is 7.64. The second-order valence-corrected chi connectivity index (χ2v) is 5.62. The first-order valence-corrected chi connectivity index (χ1v) is 6.94. The van der Waals surface area contributed by atoms with E-state index in [2.05, 4.69) is 49.0 Å². The molecule has 0 amide bonds. The lowest BCUT2D eigenvalue weighted by Crippen LogP contribution is -2.23. The summed E-state index contributed by atoms with van der Waals surface area (Å²) in [6.45, 7) is 5.62. The van der Waals surface area contributed by atoms with Crippen LogP contribution in [0.2, 0.25) is 0 Å². The molecule has 2 nitrogen and oxygen atoms in total. The third-order valence-corrected chi connectivity index (χ3v) is 4.52. The number of nitrogens with zero attached hydrogens (tertiary/aromatic N) is 1. The molecule has 3 rings (SSSR count). The van der Waals surface area contributed by atoms with Crippen LogP contribution in [0.1, 0.15) is 29.7 Å². The van der Waals surface area contributed by atoms with E-state index in [1.807, 2.05) is 0 Å². The molecule has 1 aliphatic rings. The standard InChI is InChI=1S/C16H22N2/c1-11-12(2)18(3)16-7-6-13(10-15(11)16)9-14-5-4-8-17-14/h6-7,10,14,17H,4-5,8-9H2,1-3H3. The number of benzene rings is 1. The zero-order chi connectivity index (χ0) is 12.7. The number of fused-ring (bicyclic) bond motifs is 1. The molecule has 0 bridgehead atoms. The SMILES string of the molecule is Cc1c(C)n(C)c2ccc(CC3CCCN3)cc12. The van der Waals surface area contributed by atoms with Gasteiger partial charge < -0.3 is 9.88 Å². The molecule has 2 heteroatoms. The normalized spacial score (nSPS) is 19.8. The van der Waals surface area contributed by atoms with Crippen molar-refractivity contribution in [2.45, 2.75) is 39.2 Å². The summed E-state index contributed by atoms with van der Waals surface area (Å²) >= 11 is 0. The minimum absolute atomic E-state index is 0.688. The van der Waals surface area contributed by atoms with Gasteiger partial charge in [0.25, 0.3) is 0 Å². The van der Waals surface area contributed by atoms with Gasteiger partial charge in [-0.15, -0.1) is 0 Å². The van der Waals surface area contributed by atoms with Gasteiger partial charge in [0, 0.05) is 29.7 Å². The minimum Gasteiger partial charge on any atom is -0.348 e. The summed E-state index contributed by atoms with van der Waals surface area (Å²) in [4.78, 5) is 0. The van der Waals surface area contributed by atoms with Gasteiger partial charge in [0.2, 0.25) is 0 Å². The summed E-state index contributed by atoms with van der Waals surface area (Å²) in [5.41, 5.74) is 5.62. The van der Waals surface area contributed by atoms with Crippen molar-refractivity contribution in [2.24, 2.45) is 7.05 Å². The van der Waals surface area contributed by atoms with Crippen molar-refractivity contribution in [1.29, 1.82) is 0 Å². The van der Waals surface area contributed by atoms with Crippen LogP contribution in [0.4, 0.5) is 0 Å². The predicted molar refractivity (Wildman–Crippen MR) is 77.1 cm³/mol. The van der Waals surface area contributed by atoms with Gasteiger partial charge in [0.15, 0.2) is 0 Å². The quantitative estimate of drug-likeness (QED) is 0.856. The van der Waals surface area contributed by atoms with E-state index in [0.717, 1.165) is 0 Å². The maximum Gasteiger partial charge on any atom is 0.0482 e. The highest BCUT2D eigenvalue weighted by molar-refractivity contribution is 5.85. The van der Waals surface area contributed by atoms with Gasteiger partial charge in [-0.1, -0.05) is 6.07 Å². The molecule has 1 aromatic heterocycles. The lowest BCUT2D eigenvalue weighted by molar-refractivity contribution is 0.603. The molecule has 2 aromatic rings. The molecule has 0 aliphatic carbocycles. The summed E-state index contributed by atoms with van der Waals surface area (Å²) < 4.78 is 2.29. The van der Waals surface area contributed by atoms with Crippen LogP contribution < -0.4 is 5.32 Å². The molecule has 18 heavy (non-hydrogen) atoms. The monoisotopic (exact) mass is 242 g/mol. The fraction of sp³-hybridized carbons (Fsp3) is 0.500. The Bertz CT molecular complexity index is 574. The number of aryl methyl sites for hydroxylation is 2. The van der Waals surface area contributed by atoms with Gasteiger partial charge in [-0.3, -0.25) is 0 Å². The summed E-state index contributed by atoms with van der Waals surface area (Å²) in [5, 5.41) is 5.00. The smallest absolute Gasteiger partial charge is 0.0482 e. The highest BCUT2D eigenvalue weighted by Gasteiger charge is 2.15. The maximum atomic E-state index is 3.58. The maximum absolute atomic E-state index is 3.58. The van der Waals surface area contributed by atoms with Crippen LogP contribution in [-0.2, 0) is 13.5 Å². The number of aromatic nitrogens is 1. The van der Waals surface area contributed by atoms with Crippen molar-refractivity contribution < 1.29 is 0 Å². The summed E-state index contributed by atoms with van der Waals surface area (Å²) in [7, 11) is 2.16. The molecule has 1 unspecified atom stereocenters. The average Bonchev–Trinajstić information content (AvgIpc) is 2.95. The van der Waals surface area contributed by atoms with Crippen molar-refractivity contribution in [3.8, 4) is 0 Å². The molecule has 1 atom stereocenters. The van der Waals surface area contributed by atoms with E-state index >= 15 is 0 Å². The number of rotatable bonds is 2. The lowest BCUT2D eigenvalue weighted by atomic mass is 10.0. The Kier molecular flexibility index (Phi) is 2.90. The van der Waals surface area contributed by atoms with E-state index < -0.39 is 0 Å². The first-order valence-electron chi connectivity index (χ1n) is 6.94. The number of nitrogens with one attached hydrogen (secondary N) is 1. The Hall–Kier alpha value is -1.28. The highest BCUT2D eigenvalue weighted by Crippen LogP contribution is 2.26. The van der Waals surface area contributed by atoms with Crippen molar-refractivity contribution in [3.63, 3.8) is 0 Å². The zero-order valence-electron chi connectivity index (χ0n) is 11.6. The number of hydrogen-bond acceptors (Lipinski definition) is 1. The first-order chi connectivity index (χ1) is 8.66. The van der Waals surface area contributed by atoms with E-state index in [0.29, 0.717) is 6.04 Å². The first kappa shape index (κ1) is 11.8. The van der Waals surface area contributed by atoms with Crippen LogP contribution in [0.3, 0.4) is 0 Å². The van der Waals surface area contributed by atoms with Gasteiger partial charge >= 0.3 is 0 Å². The summed E-state index contributed by atoms with van der Waals surface area (Å²) in [5.74, 6) is 0. The van der Waals surface area contributed by atoms with Crippen molar-refractivity contribution in [3.05, 3.63) is 35.0 Å². The highest BCUT2D eigenvalue weighted by atomic mass is 14.9. The Labute approximate surface area is 109 Å². The van der Waals surface area contributed by atoms with Gasteiger partial charge in [-0.25, -0.2) is 0 Å². The second kappa shape index (κ2) is 4.43. The van der Waals surface area contributed by atoms with Crippen LogP contribution in [0, 0.1) is 13.8 Å². The van der Waals surface area contributed by atoms with Crippen LogP contribution in [0.5, 0.6) is 0 Å². The van der Waals surface area contributed by atoms with E-state index in [1.165, 1.54) is 53.5 Å². The van der Waals surface area contributed by atoms with Crippen molar-refractivity contribution >= 4 is 10.9 Å². The lowest BCUT2D eigenvalue weighted by Gasteiger charge is -2.10. The Morgan fingerprint density at radius 3 is 2.89 bits per heavy atom. The Morgan fingerprint density at radius 1 is 1.33 bits per heavy atom. The molecule has 1 fully saturated rings. The van der Waals surface area contributed by atoms with Crippen LogP contribution in [-0.4, -0.2) is 17.2 Å². The molecule has 1 aliphatic heterocycles.